The molecule has 0 atom stereocenters. The normalized spacial score (nSPS) is 10.3. The van der Waals surface area contributed by atoms with Gasteiger partial charge in [-0.15, -0.1) is 0 Å². The summed E-state index contributed by atoms with van der Waals surface area (Å²) in [7, 11) is 3.10. The first-order valence-corrected chi connectivity index (χ1v) is 7.64. The molecule has 1 aromatic heterocycles. The minimum atomic E-state index is -0.733. The highest BCUT2D eigenvalue weighted by Crippen LogP contribution is 2.31. The zero-order valence-electron chi connectivity index (χ0n) is 14.1. The Hall–Kier alpha value is -3.42. The molecule has 26 heavy (non-hydrogen) atoms. The molecule has 0 radical (unpaired) electrons. The van der Waals surface area contributed by atoms with Gasteiger partial charge in [-0.3, -0.25) is 0 Å². The molecule has 0 bridgehead atoms. The second kappa shape index (κ2) is 7.64. The lowest BCUT2D eigenvalue weighted by Gasteiger charge is -2.13. The first-order chi connectivity index (χ1) is 12.6. The molecule has 3 aromatic rings. The molecular formula is C18H16F2N4O2. The SMILES string of the molecule is COc1ccc(Nc2ccnc(Nc3c(F)cccc3F)n2)c(OC)c1. The van der Waals surface area contributed by atoms with E-state index in [0.717, 1.165) is 12.1 Å². The van der Waals surface area contributed by atoms with Gasteiger partial charge in [0.25, 0.3) is 0 Å². The number of hydrogen-bond donors (Lipinski definition) is 2. The lowest BCUT2D eigenvalue weighted by atomic mass is 10.2. The molecule has 2 aromatic carbocycles. The second-order valence-electron chi connectivity index (χ2n) is 5.18. The van der Waals surface area contributed by atoms with Gasteiger partial charge in [-0.2, -0.15) is 4.98 Å². The minimum absolute atomic E-state index is 0.0477. The van der Waals surface area contributed by atoms with E-state index in [9.17, 15) is 8.78 Å². The Labute approximate surface area is 148 Å². The van der Waals surface area contributed by atoms with Crippen LogP contribution in [0.5, 0.6) is 11.5 Å². The van der Waals surface area contributed by atoms with E-state index in [4.69, 9.17) is 9.47 Å². The summed E-state index contributed by atoms with van der Waals surface area (Å²) < 4.78 is 38.0. The largest absolute Gasteiger partial charge is 0.497 e. The van der Waals surface area contributed by atoms with Crippen LogP contribution < -0.4 is 20.1 Å². The third-order valence-corrected chi connectivity index (χ3v) is 3.53. The van der Waals surface area contributed by atoms with E-state index in [0.29, 0.717) is 23.0 Å². The van der Waals surface area contributed by atoms with Gasteiger partial charge in [-0.05, 0) is 30.3 Å². The topological polar surface area (TPSA) is 68.3 Å². The summed E-state index contributed by atoms with van der Waals surface area (Å²) in [6.07, 6.45) is 1.46. The molecule has 0 aliphatic carbocycles. The summed E-state index contributed by atoms with van der Waals surface area (Å²) in [4.78, 5) is 8.19. The highest BCUT2D eigenvalue weighted by Gasteiger charge is 2.11. The number of hydrogen-bond acceptors (Lipinski definition) is 6. The zero-order chi connectivity index (χ0) is 18.5. The summed E-state index contributed by atoms with van der Waals surface area (Å²) in [6, 6.07) is 10.4. The molecule has 0 saturated heterocycles. The Morgan fingerprint density at radius 2 is 1.69 bits per heavy atom. The van der Waals surface area contributed by atoms with Crippen LogP contribution in [0.2, 0.25) is 0 Å². The van der Waals surface area contributed by atoms with Crippen molar-refractivity contribution in [3.63, 3.8) is 0 Å². The van der Waals surface area contributed by atoms with Crippen molar-refractivity contribution in [3.8, 4) is 11.5 Å². The number of nitrogens with one attached hydrogen (secondary N) is 2. The molecule has 8 heteroatoms. The van der Waals surface area contributed by atoms with Crippen LogP contribution in [0.25, 0.3) is 0 Å². The third-order valence-electron chi connectivity index (χ3n) is 3.53. The van der Waals surface area contributed by atoms with E-state index in [1.165, 1.54) is 19.4 Å². The van der Waals surface area contributed by atoms with Gasteiger partial charge < -0.3 is 20.1 Å². The van der Waals surface area contributed by atoms with Gasteiger partial charge in [0.1, 0.15) is 34.6 Å². The van der Waals surface area contributed by atoms with Crippen molar-refractivity contribution in [2.24, 2.45) is 0 Å². The number of nitrogens with zero attached hydrogens (tertiary/aromatic N) is 2. The van der Waals surface area contributed by atoms with Crippen LogP contribution in [-0.4, -0.2) is 24.2 Å². The average molecular weight is 358 g/mol. The fourth-order valence-electron chi connectivity index (χ4n) is 2.26. The van der Waals surface area contributed by atoms with E-state index < -0.39 is 11.6 Å². The fraction of sp³-hybridized carbons (Fsp3) is 0.111. The van der Waals surface area contributed by atoms with Crippen molar-refractivity contribution in [2.45, 2.75) is 0 Å². The van der Waals surface area contributed by atoms with Crippen LogP contribution in [0.4, 0.5) is 31.9 Å². The van der Waals surface area contributed by atoms with Crippen molar-refractivity contribution in [3.05, 3.63) is 60.3 Å². The van der Waals surface area contributed by atoms with Crippen LogP contribution in [0.15, 0.2) is 48.7 Å². The highest BCUT2D eigenvalue weighted by molar-refractivity contribution is 5.66. The Morgan fingerprint density at radius 3 is 2.38 bits per heavy atom. The van der Waals surface area contributed by atoms with Crippen LogP contribution in [0.3, 0.4) is 0 Å². The molecule has 0 spiro atoms. The maximum atomic E-state index is 13.8. The molecule has 1 heterocycles. The van der Waals surface area contributed by atoms with E-state index in [1.807, 2.05) is 0 Å². The molecule has 134 valence electrons. The summed E-state index contributed by atoms with van der Waals surface area (Å²) >= 11 is 0. The number of halogens is 2. The minimum Gasteiger partial charge on any atom is -0.497 e. The number of benzene rings is 2. The lowest BCUT2D eigenvalue weighted by molar-refractivity contribution is 0.395. The standard InChI is InChI=1S/C18H16F2N4O2/c1-25-11-6-7-14(15(10-11)26-2)22-16-8-9-21-18(23-16)24-17-12(19)4-3-5-13(17)20/h3-10H,1-2H3,(H2,21,22,23,24). The fourth-order valence-corrected chi connectivity index (χ4v) is 2.26. The van der Waals surface area contributed by atoms with Gasteiger partial charge in [0, 0.05) is 12.3 Å². The molecule has 0 fully saturated rings. The molecule has 0 aliphatic heterocycles. The Morgan fingerprint density at radius 1 is 0.923 bits per heavy atom. The molecule has 6 nitrogen and oxygen atoms in total. The maximum absolute atomic E-state index is 13.8. The maximum Gasteiger partial charge on any atom is 0.229 e. The molecule has 2 N–H and O–H groups in total. The predicted octanol–water partition coefficient (Wildman–Crippen LogP) is 4.26. The van der Waals surface area contributed by atoms with E-state index >= 15 is 0 Å². The molecule has 0 saturated carbocycles. The first-order valence-electron chi connectivity index (χ1n) is 7.64. The van der Waals surface area contributed by atoms with E-state index in [-0.39, 0.29) is 11.6 Å². The number of anilines is 4. The number of para-hydroxylation sites is 1. The molecule has 0 amide bonds. The first kappa shape index (κ1) is 17.4. The Kier molecular flexibility index (Phi) is 5.12. The average Bonchev–Trinajstić information content (AvgIpc) is 2.65. The van der Waals surface area contributed by atoms with Crippen LogP contribution in [-0.2, 0) is 0 Å². The monoisotopic (exact) mass is 358 g/mol. The van der Waals surface area contributed by atoms with Crippen LogP contribution in [0, 0.1) is 11.6 Å². The van der Waals surface area contributed by atoms with Gasteiger partial charge in [0.2, 0.25) is 5.95 Å². The van der Waals surface area contributed by atoms with Crippen LogP contribution in [0.1, 0.15) is 0 Å². The van der Waals surface area contributed by atoms with E-state index in [1.54, 1.807) is 31.4 Å². The number of aromatic nitrogens is 2. The summed E-state index contributed by atoms with van der Waals surface area (Å²) in [5, 5.41) is 5.62. The zero-order valence-corrected chi connectivity index (χ0v) is 14.1. The number of rotatable bonds is 6. The van der Waals surface area contributed by atoms with Crippen molar-refractivity contribution in [2.75, 3.05) is 24.9 Å². The van der Waals surface area contributed by atoms with Gasteiger partial charge in [0.05, 0.1) is 19.9 Å². The van der Waals surface area contributed by atoms with Gasteiger partial charge in [-0.1, -0.05) is 6.07 Å². The van der Waals surface area contributed by atoms with Gasteiger partial charge >= 0.3 is 0 Å². The summed E-state index contributed by atoms with van der Waals surface area (Å²) in [5.74, 6) is 0.201. The van der Waals surface area contributed by atoms with Gasteiger partial charge in [0.15, 0.2) is 0 Å². The number of ether oxygens (including phenoxy) is 2. The summed E-state index contributed by atoms with van der Waals surface area (Å²) in [5.41, 5.74) is 0.335. The highest BCUT2D eigenvalue weighted by atomic mass is 19.1. The van der Waals surface area contributed by atoms with Crippen LogP contribution >= 0.6 is 0 Å². The molecule has 0 aliphatic rings. The predicted molar refractivity (Wildman–Crippen MR) is 94.5 cm³/mol. The summed E-state index contributed by atoms with van der Waals surface area (Å²) in [6.45, 7) is 0. The molecule has 0 unspecified atom stereocenters. The quantitative estimate of drug-likeness (QED) is 0.686. The van der Waals surface area contributed by atoms with Crippen molar-refractivity contribution < 1.29 is 18.3 Å². The third kappa shape index (κ3) is 3.80. The lowest BCUT2D eigenvalue weighted by Crippen LogP contribution is -2.03. The van der Waals surface area contributed by atoms with Crippen molar-refractivity contribution in [1.29, 1.82) is 0 Å². The van der Waals surface area contributed by atoms with Crippen molar-refractivity contribution >= 4 is 23.1 Å². The second-order valence-corrected chi connectivity index (χ2v) is 5.18. The molecule has 3 rings (SSSR count). The molecular weight excluding hydrogens is 342 g/mol. The Bertz CT molecular complexity index is 901. The Balaban J connectivity index is 1.84. The van der Waals surface area contributed by atoms with E-state index in [2.05, 4.69) is 20.6 Å². The van der Waals surface area contributed by atoms with Gasteiger partial charge in [-0.25, -0.2) is 13.8 Å². The smallest absolute Gasteiger partial charge is 0.229 e. The van der Waals surface area contributed by atoms with Crippen molar-refractivity contribution in [1.82, 2.24) is 9.97 Å². The number of methoxy groups -OCH3 is 2.